The average Bonchev–Trinajstić information content (AvgIpc) is 2.85. The summed E-state index contributed by atoms with van der Waals surface area (Å²) in [5.41, 5.74) is 0.336. The van der Waals surface area contributed by atoms with Gasteiger partial charge in [0.1, 0.15) is 5.78 Å². The summed E-state index contributed by atoms with van der Waals surface area (Å²) < 4.78 is 0. The van der Waals surface area contributed by atoms with Crippen LogP contribution in [0.5, 0.6) is 0 Å². The van der Waals surface area contributed by atoms with Gasteiger partial charge in [-0.25, -0.2) is 0 Å². The lowest BCUT2D eigenvalue weighted by Gasteiger charge is -2.54. The Morgan fingerprint density at radius 1 is 1.05 bits per heavy atom. The molecule has 0 N–H and O–H groups in total. The average molecular weight is 305 g/mol. The van der Waals surface area contributed by atoms with E-state index in [1.165, 1.54) is 57.8 Å². The van der Waals surface area contributed by atoms with Crippen LogP contribution < -0.4 is 0 Å². The minimum atomic E-state index is 0.336. The Morgan fingerprint density at radius 2 is 1.82 bits per heavy atom. The summed E-state index contributed by atoms with van der Waals surface area (Å²) in [5, 5.41) is 0. The molecule has 3 rings (SSSR count). The maximum Gasteiger partial charge on any atom is 0.133 e. The van der Waals surface area contributed by atoms with Crippen molar-refractivity contribution in [2.75, 3.05) is 0 Å². The molecule has 126 valence electrons. The molecule has 7 unspecified atom stereocenters. The van der Waals surface area contributed by atoms with E-state index in [0.29, 0.717) is 17.1 Å². The van der Waals surface area contributed by atoms with Crippen LogP contribution in [-0.2, 0) is 4.79 Å². The highest BCUT2D eigenvalue weighted by atomic mass is 16.1. The van der Waals surface area contributed by atoms with Crippen molar-refractivity contribution in [3.63, 3.8) is 0 Å². The van der Waals surface area contributed by atoms with Crippen LogP contribution in [0.4, 0.5) is 0 Å². The van der Waals surface area contributed by atoms with Crippen molar-refractivity contribution in [1.82, 2.24) is 0 Å². The summed E-state index contributed by atoms with van der Waals surface area (Å²) in [6.45, 7) is 9.08. The topological polar surface area (TPSA) is 17.1 Å². The van der Waals surface area contributed by atoms with E-state index in [1.54, 1.807) is 0 Å². The van der Waals surface area contributed by atoms with Gasteiger partial charge in [0.05, 0.1) is 0 Å². The van der Waals surface area contributed by atoms with Gasteiger partial charge in [0.15, 0.2) is 0 Å². The van der Waals surface area contributed by atoms with Crippen LogP contribution in [-0.4, -0.2) is 5.78 Å². The zero-order valence-electron chi connectivity index (χ0n) is 15.2. The molecule has 0 spiro atoms. The molecule has 0 aromatic carbocycles. The summed E-state index contributed by atoms with van der Waals surface area (Å²) in [5.74, 6) is 5.55. The molecule has 1 heteroatoms. The lowest BCUT2D eigenvalue weighted by atomic mass is 9.50. The Kier molecular flexibility index (Phi) is 4.72. The van der Waals surface area contributed by atoms with Crippen LogP contribution in [0.3, 0.4) is 0 Å². The van der Waals surface area contributed by atoms with Crippen molar-refractivity contribution >= 4 is 5.78 Å². The first-order valence-electron chi connectivity index (χ1n) is 10.0. The van der Waals surface area contributed by atoms with Crippen LogP contribution in [0, 0.1) is 40.9 Å². The molecule has 0 saturated heterocycles. The highest BCUT2D eigenvalue weighted by molar-refractivity contribution is 5.79. The minimum absolute atomic E-state index is 0.336. The Hall–Kier alpha value is -0.330. The smallest absolute Gasteiger partial charge is 0.133 e. The number of Topliss-reactive ketones (excluding diaryl/α,β-unsaturated/α-hetero) is 1. The van der Waals surface area contributed by atoms with Gasteiger partial charge in [0.25, 0.3) is 0 Å². The maximum atomic E-state index is 12.1. The van der Waals surface area contributed by atoms with Gasteiger partial charge in [-0.2, -0.15) is 0 Å². The number of ketones is 1. The number of carbonyl (C=O) groups is 1. The molecular formula is C21H36O. The van der Waals surface area contributed by atoms with E-state index in [1.807, 2.05) is 6.92 Å². The van der Waals surface area contributed by atoms with E-state index in [9.17, 15) is 4.79 Å². The molecule has 0 aromatic heterocycles. The predicted octanol–water partition coefficient (Wildman–Crippen LogP) is 5.87. The number of carbonyl (C=O) groups excluding carboxylic acids is 1. The van der Waals surface area contributed by atoms with Crippen LogP contribution >= 0.6 is 0 Å². The first-order valence-corrected chi connectivity index (χ1v) is 10.0. The lowest BCUT2D eigenvalue weighted by Crippen LogP contribution is -2.48. The summed E-state index contributed by atoms with van der Waals surface area (Å²) in [7, 11) is 0. The van der Waals surface area contributed by atoms with Gasteiger partial charge in [-0.3, -0.25) is 4.79 Å². The van der Waals surface area contributed by atoms with E-state index in [-0.39, 0.29) is 0 Å². The van der Waals surface area contributed by atoms with Crippen molar-refractivity contribution in [1.29, 1.82) is 0 Å². The molecule has 1 nitrogen and oxygen atoms in total. The zero-order valence-corrected chi connectivity index (χ0v) is 15.2. The van der Waals surface area contributed by atoms with Gasteiger partial charge in [0, 0.05) is 5.92 Å². The molecule has 3 aliphatic rings. The van der Waals surface area contributed by atoms with Crippen LogP contribution in [0.1, 0.15) is 85.5 Å². The highest BCUT2D eigenvalue weighted by Gasteiger charge is 2.57. The van der Waals surface area contributed by atoms with E-state index in [2.05, 4.69) is 20.8 Å². The zero-order chi connectivity index (χ0) is 15.9. The number of hydrogen-bond acceptors (Lipinski definition) is 1. The molecule has 0 aromatic rings. The molecule has 22 heavy (non-hydrogen) atoms. The van der Waals surface area contributed by atoms with Crippen LogP contribution in [0.15, 0.2) is 0 Å². The molecule has 0 aliphatic heterocycles. The third kappa shape index (κ3) is 2.47. The van der Waals surface area contributed by atoms with Gasteiger partial charge < -0.3 is 0 Å². The molecule has 0 amide bonds. The third-order valence-electron chi connectivity index (χ3n) is 8.16. The fourth-order valence-corrected chi connectivity index (χ4v) is 7.19. The molecular weight excluding hydrogens is 268 g/mol. The Bertz CT molecular complexity index is 414. The molecule has 7 atom stereocenters. The molecule has 3 aliphatic carbocycles. The molecule has 3 saturated carbocycles. The quantitative estimate of drug-likeness (QED) is 0.634. The van der Waals surface area contributed by atoms with E-state index in [0.717, 1.165) is 29.6 Å². The first kappa shape index (κ1) is 16.5. The molecule has 3 fully saturated rings. The minimum Gasteiger partial charge on any atom is -0.300 e. The SMILES string of the molecule is CCCC1C(CC)CCC2C1CCC1(C)C(C(C)=O)CCC21. The second-order valence-electron chi connectivity index (χ2n) is 8.92. The van der Waals surface area contributed by atoms with Crippen LogP contribution in [0.25, 0.3) is 0 Å². The summed E-state index contributed by atoms with van der Waals surface area (Å²) in [6, 6.07) is 0. The van der Waals surface area contributed by atoms with Gasteiger partial charge in [-0.1, -0.05) is 40.0 Å². The fourth-order valence-electron chi connectivity index (χ4n) is 7.19. The number of rotatable bonds is 4. The summed E-state index contributed by atoms with van der Waals surface area (Å²) in [4.78, 5) is 12.1. The van der Waals surface area contributed by atoms with Crippen molar-refractivity contribution in [2.24, 2.45) is 40.9 Å². The predicted molar refractivity (Wildman–Crippen MR) is 92.6 cm³/mol. The monoisotopic (exact) mass is 304 g/mol. The second-order valence-corrected chi connectivity index (χ2v) is 8.92. The van der Waals surface area contributed by atoms with Crippen molar-refractivity contribution in [3.8, 4) is 0 Å². The maximum absolute atomic E-state index is 12.1. The Morgan fingerprint density at radius 3 is 2.45 bits per heavy atom. The Labute approximate surface area is 137 Å². The second kappa shape index (κ2) is 6.29. The largest absolute Gasteiger partial charge is 0.300 e. The third-order valence-corrected chi connectivity index (χ3v) is 8.16. The van der Waals surface area contributed by atoms with Gasteiger partial charge in [0.2, 0.25) is 0 Å². The van der Waals surface area contributed by atoms with E-state index < -0.39 is 0 Å². The van der Waals surface area contributed by atoms with Gasteiger partial charge in [-0.15, -0.1) is 0 Å². The number of hydrogen-bond donors (Lipinski definition) is 0. The summed E-state index contributed by atoms with van der Waals surface area (Å²) in [6.07, 6.45) is 12.3. The van der Waals surface area contributed by atoms with E-state index in [4.69, 9.17) is 0 Å². The van der Waals surface area contributed by atoms with Gasteiger partial charge >= 0.3 is 0 Å². The van der Waals surface area contributed by atoms with Crippen molar-refractivity contribution in [2.45, 2.75) is 85.5 Å². The van der Waals surface area contributed by atoms with Crippen molar-refractivity contribution in [3.05, 3.63) is 0 Å². The number of fused-ring (bicyclic) bond motifs is 3. The van der Waals surface area contributed by atoms with Gasteiger partial charge in [-0.05, 0) is 80.5 Å². The fraction of sp³-hybridized carbons (Fsp3) is 0.952. The van der Waals surface area contributed by atoms with Crippen molar-refractivity contribution < 1.29 is 4.79 Å². The Balaban J connectivity index is 1.83. The van der Waals surface area contributed by atoms with E-state index >= 15 is 0 Å². The first-order chi connectivity index (χ1) is 10.5. The molecule has 0 bridgehead atoms. The normalized spacial score (nSPS) is 47.8. The lowest BCUT2D eigenvalue weighted by molar-refractivity contribution is -0.127. The molecule has 0 radical (unpaired) electrons. The highest BCUT2D eigenvalue weighted by Crippen LogP contribution is 2.63. The summed E-state index contributed by atoms with van der Waals surface area (Å²) >= 11 is 0. The molecule has 0 heterocycles. The standard InChI is InChI=1S/C21H36O/c1-5-7-16-15(6-2)8-9-18-17(16)12-13-21(4)19(14(3)22)10-11-20(18)21/h15-20H,5-13H2,1-4H3. The van der Waals surface area contributed by atoms with Crippen LogP contribution in [0.2, 0.25) is 0 Å².